The molecule has 5 nitrogen and oxygen atoms in total. The molecule has 5 heteroatoms. The monoisotopic (exact) mass is 355 g/mol. The maximum Gasteiger partial charge on any atom is 0.338 e. The molecule has 0 heterocycles. The molecule has 1 amide bonds. The van der Waals surface area contributed by atoms with Crippen LogP contribution in [0, 0.1) is 5.92 Å². The van der Waals surface area contributed by atoms with E-state index in [4.69, 9.17) is 9.47 Å². The van der Waals surface area contributed by atoms with Crippen molar-refractivity contribution in [2.24, 2.45) is 5.92 Å². The second-order valence-corrected chi connectivity index (χ2v) is 6.48. The van der Waals surface area contributed by atoms with E-state index in [1.54, 1.807) is 31.2 Å². The number of carbonyl (C=O) groups excluding carboxylic acids is 2. The van der Waals surface area contributed by atoms with Gasteiger partial charge in [0.1, 0.15) is 5.75 Å². The van der Waals surface area contributed by atoms with Gasteiger partial charge in [-0.25, -0.2) is 4.79 Å². The van der Waals surface area contributed by atoms with Crippen LogP contribution in [0.25, 0.3) is 0 Å². The third-order valence-corrected chi connectivity index (χ3v) is 3.64. The number of carbonyl (C=O) groups is 2. The zero-order chi connectivity index (χ0) is 18.9. The fourth-order valence-corrected chi connectivity index (χ4v) is 2.16. The highest BCUT2D eigenvalue weighted by molar-refractivity contribution is 5.92. The zero-order valence-electron chi connectivity index (χ0n) is 15.4. The van der Waals surface area contributed by atoms with Crippen LogP contribution in [0.15, 0.2) is 54.6 Å². The van der Waals surface area contributed by atoms with Gasteiger partial charge in [0, 0.05) is 6.54 Å². The highest BCUT2D eigenvalue weighted by Crippen LogP contribution is 2.14. The van der Waals surface area contributed by atoms with Gasteiger partial charge in [-0.1, -0.05) is 44.2 Å². The van der Waals surface area contributed by atoms with Crippen molar-refractivity contribution < 1.29 is 19.1 Å². The summed E-state index contributed by atoms with van der Waals surface area (Å²) in [6.07, 6.45) is -0.872. The Morgan fingerprint density at radius 1 is 0.962 bits per heavy atom. The quantitative estimate of drug-likeness (QED) is 0.735. The van der Waals surface area contributed by atoms with Crippen molar-refractivity contribution >= 4 is 11.9 Å². The van der Waals surface area contributed by atoms with Gasteiger partial charge in [-0.3, -0.25) is 4.79 Å². The van der Waals surface area contributed by atoms with Crippen molar-refractivity contribution in [2.75, 3.05) is 6.61 Å². The van der Waals surface area contributed by atoms with Gasteiger partial charge < -0.3 is 14.8 Å². The standard InChI is InChI=1S/C21H25NO4/c1-15(2)14-25-19-11-9-18(10-12-19)21(24)26-16(3)20(23)22-13-17-7-5-4-6-8-17/h4-12,15-16H,13-14H2,1-3H3,(H,22,23)/t16-/m1/s1. The predicted octanol–water partition coefficient (Wildman–Crippen LogP) is 3.58. The predicted molar refractivity (Wildman–Crippen MR) is 99.9 cm³/mol. The lowest BCUT2D eigenvalue weighted by atomic mass is 10.2. The first kappa shape index (κ1) is 19.5. The van der Waals surface area contributed by atoms with Gasteiger partial charge in [0.2, 0.25) is 0 Å². The number of hydrogen-bond acceptors (Lipinski definition) is 4. The maximum atomic E-state index is 12.2. The number of rotatable bonds is 8. The molecule has 138 valence electrons. The number of benzene rings is 2. The lowest BCUT2D eigenvalue weighted by molar-refractivity contribution is -0.129. The fraction of sp³-hybridized carbons (Fsp3) is 0.333. The zero-order valence-corrected chi connectivity index (χ0v) is 15.4. The van der Waals surface area contributed by atoms with Gasteiger partial charge in [0.05, 0.1) is 12.2 Å². The molecule has 0 bridgehead atoms. The van der Waals surface area contributed by atoms with Crippen LogP contribution in [0.3, 0.4) is 0 Å². The van der Waals surface area contributed by atoms with Crippen LogP contribution in [0.1, 0.15) is 36.7 Å². The van der Waals surface area contributed by atoms with Gasteiger partial charge in [-0.15, -0.1) is 0 Å². The molecule has 2 rings (SSSR count). The Morgan fingerprint density at radius 3 is 2.23 bits per heavy atom. The van der Waals surface area contributed by atoms with Crippen LogP contribution in [-0.4, -0.2) is 24.6 Å². The normalized spacial score (nSPS) is 11.7. The van der Waals surface area contributed by atoms with Crippen LogP contribution >= 0.6 is 0 Å². The number of esters is 1. The molecule has 0 aliphatic carbocycles. The van der Waals surface area contributed by atoms with Gasteiger partial charge in [0.15, 0.2) is 6.10 Å². The summed E-state index contributed by atoms with van der Waals surface area (Å²) < 4.78 is 10.8. The van der Waals surface area contributed by atoms with Crippen molar-refractivity contribution in [3.05, 3.63) is 65.7 Å². The van der Waals surface area contributed by atoms with Crippen LogP contribution in [0.2, 0.25) is 0 Å². The summed E-state index contributed by atoms with van der Waals surface area (Å²) >= 11 is 0. The van der Waals surface area contributed by atoms with Crippen LogP contribution in [0.5, 0.6) is 5.75 Å². The third-order valence-electron chi connectivity index (χ3n) is 3.64. The molecule has 2 aromatic rings. The van der Waals surface area contributed by atoms with E-state index in [9.17, 15) is 9.59 Å². The highest BCUT2D eigenvalue weighted by Gasteiger charge is 2.18. The summed E-state index contributed by atoms with van der Waals surface area (Å²) in [5.74, 6) is 0.251. The summed E-state index contributed by atoms with van der Waals surface area (Å²) in [6, 6.07) is 16.3. The van der Waals surface area contributed by atoms with E-state index < -0.39 is 12.1 Å². The van der Waals surface area contributed by atoms with E-state index in [2.05, 4.69) is 19.2 Å². The van der Waals surface area contributed by atoms with Gasteiger partial charge >= 0.3 is 5.97 Å². The van der Waals surface area contributed by atoms with Crippen LogP contribution in [-0.2, 0) is 16.1 Å². The molecule has 0 radical (unpaired) electrons. The summed E-state index contributed by atoms with van der Waals surface area (Å²) in [4.78, 5) is 24.2. The Morgan fingerprint density at radius 2 is 1.62 bits per heavy atom. The van der Waals surface area contributed by atoms with Crippen molar-refractivity contribution in [3.63, 3.8) is 0 Å². The molecule has 0 saturated carbocycles. The molecule has 0 fully saturated rings. The minimum absolute atomic E-state index is 0.334. The van der Waals surface area contributed by atoms with E-state index >= 15 is 0 Å². The molecule has 0 spiro atoms. The molecular formula is C21H25NO4. The average Bonchev–Trinajstić information content (AvgIpc) is 2.65. The molecule has 0 aliphatic rings. The lowest BCUT2D eigenvalue weighted by Gasteiger charge is -2.14. The Balaban J connectivity index is 1.82. The SMILES string of the molecule is CC(C)COc1ccc(C(=O)O[C@H](C)C(=O)NCc2ccccc2)cc1. The summed E-state index contributed by atoms with van der Waals surface area (Å²) in [5.41, 5.74) is 1.36. The van der Waals surface area contributed by atoms with Crippen molar-refractivity contribution in [2.45, 2.75) is 33.4 Å². The van der Waals surface area contributed by atoms with Crippen LogP contribution < -0.4 is 10.1 Å². The average molecular weight is 355 g/mol. The first-order chi connectivity index (χ1) is 12.5. The van der Waals surface area contributed by atoms with Gasteiger partial charge in [-0.05, 0) is 42.7 Å². The molecule has 0 unspecified atom stereocenters. The molecule has 0 aromatic heterocycles. The molecule has 0 aliphatic heterocycles. The molecule has 26 heavy (non-hydrogen) atoms. The van der Waals surface area contributed by atoms with E-state index in [1.165, 1.54) is 0 Å². The first-order valence-electron chi connectivity index (χ1n) is 8.71. The number of hydrogen-bond donors (Lipinski definition) is 1. The smallest absolute Gasteiger partial charge is 0.338 e. The second-order valence-electron chi connectivity index (χ2n) is 6.48. The van der Waals surface area contributed by atoms with Gasteiger partial charge in [0.25, 0.3) is 5.91 Å². The van der Waals surface area contributed by atoms with E-state index in [0.29, 0.717) is 30.4 Å². The highest BCUT2D eigenvalue weighted by atomic mass is 16.5. The minimum Gasteiger partial charge on any atom is -0.493 e. The van der Waals surface area contributed by atoms with Crippen molar-refractivity contribution in [1.29, 1.82) is 0 Å². The minimum atomic E-state index is -0.872. The Hall–Kier alpha value is -2.82. The third kappa shape index (κ3) is 6.24. The van der Waals surface area contributed by atoms with E-state index in [-0.39, 0.29) is 5.91 Å². The molecule has 2 aromatic carbocycles. The Bertz CT molecular complexity index is 711. The largest absolute Gasteiger partial charge is 0.493 e. The second kappa shape index (κ2) is 9.61. The molecule has 0 saturated heterocycles. The summed E-state index contributed by atoms with van der Waals surface area (Å²) in [5, 5.41) is 2.76. The topological polar surface area (TPSA) is 64.6 Å². The molecule has 1 N–H and O–H groups in total. The summed E-state index contributed by atoms with van der Waals surface area (Å²) in [6.45, 7) is 6.69. The van der Waals surface area contributed by atoms with Crippen molar-refractivity contribution in [1.82, 2.24) is 5.32 Å². The maximum absolute atomic E-state index is 12.2. The molecule has 1 atom stereocenters. The lowest BCUT2D eigenvalue weighted by Crippen LogP contribution is -2.35. The number of amides is 1. The molecular weight excluding hydrogens is 330 g/mol. The Labute approximate surface area is 154 Å². The number of nitrogens with one attached hydrogen (secondary N) is 1. The number of ether oxygens (including phenoxy) is 2. The van der Waals surface area contributed by atoms with Gasteiger partial charge in [-0.2, -0.15) is 0 Å². The van der Waals surface area contributed by atoms with E-state index in [0.717, 1.165) is 5.56 Å². The fourth-order valence-electron chi connectivity index (χ4n) is 2.16. The Kier molecular flexibility index (Phi) is 7.21. The summed E-state index contributed by atoms with van der Waals surface area (Å²) in [7, 11) is 0. The van der Waals surface area contributed by atoms with Crippen molar-refractivity contribution in [3.8, 4) is 5.75 Å². The van der Waals surface area contributed by atoms with E-state index in [1.807, 2.05) is 30.3 Å². The first-order valence-corrected chi connectivity index (χ1v) is 8.71. The van der Waals surface area contributed by atoms with Crippen LogP contribution in [0.4, 0.5) is 0 Å².